The number of aliphatic hydroxyl groups is 1. The molecule has 0 bridgehead atoms. The maximum atomic E-state index is 14.3. The molecule has 2 saturated heterocycles. The van der Waals surface area contributed by atoms with Gasteiger partial charge in [0, 0.05) is 50.2 Å². The summed E-state index contributed by atoms with van der Waals surface area (Å²) in [5.74, 6) is -1.57. The zero-order valence-electron chi connectivity index (χ0n) is 38.4. The number of benzene rings is 2. The van der Waals surface area contributed by atoms with Crippen LogP contribution in [0.25, 0.3) is 21.8 Å². The predicted octanol–water partition coefficient (Wildman–Crippen LogP) is 6.63. The molecular weight excluding hydrogens is 877 g/mol. The van der Waals surface area contributed by atoms with Crippen LogP contribution in [0.1, 0.15) is 105 Å². The highest BCUT2D eigenvalue weighted by molar-refractivity contribution is 7.13. The molecule has 17 nitrogen and oxygen atoms in total. The van der Waals surface area contributed by atoms with E-state index in [0.717, 1.165) is 32.8 Å². The van der Waals surface area contributed by atoms with Crippen LogP contribution in [0.15, 0.2) is 92.2 Å². The van der Waals surface area contributed by atoms with Crippen molar-refractivity contribution in [2.75, 3.05) is 13.1 Å². The van der Waals surface area contributed by atoms with Crippen LogP contribution >= 0.6 is 11.3 Å². The smallest absolute Gasteiger partial charge is 0.243 e. The van der Waals surface area contributed by atoms with Crippen molar-refractivity contribution in [3.63, 3.8) is 0 Å². The lowest BCUT2D eigenvalue weighted by molar-refractivity contribution is -0.140. The SMILES string of the molecule is CC[C@@H](C(=O)N1C[C@H](OCc2cc([C@H](C(=O)N3C[C@H](O)C[C@H]3C(=O)NCc3ccc(-c4scnc4C)cc3)C(C)C)no2)C[C@H]1C(=O)N[C@@H](C)c1ccc(-c2cnco2)cc1)c1cc(C)no1. The number of aryl methyl sites for hydroxylation is 2. The molecule has 0 saturated carbocycles. The third kappa shape index (κ3) is 10.6. The van der Waals surface area contributed by atoms with Crippen LogP contribution in [0.3, 0.4) is 0 Å². The van der Waals surface area contributed by atoms with Crippen molar-refractivity contribution in [2.24, 2.45) is 5.92 Å². The summed E-state index contributed by atoms with van der Waals surface area (Å²) in [5.41, 5.74) is 7.45. The number of likely N-dealkylation sites (tertiary alicyclic amines) is 2. The zero-order valence-corrected chi connectivity index (χ0v) is 39.2. The molecule has 4 aromatic heterocycles. The van der Waals surface area contributed by atoms with Crippen molar-refractivity contribution in [3.05, 3.63) is 118 Å². The van der Waals surface area contributed by atoms with Gasteiger partial charge < -0.3 is 43.7 Å². The Hall–Kier alpha value is -6.50. The second-order valence-electron chi connectivity index (χ2n) is 17.7. The Kier molecular flexibility index (Phi) is 14.4. The molecule has 4 amide bonds. The summed E-state index contributed by atoms with van der Waals surface area (Å²) < 4.78 is 23.0. The molecule has 6 heterocycles. The van der Waals surface area contributed by atoms with E-state index in [9.17, 15) is 24.3 Å². The molecule has 2 aromatic carbocycles. The minimum atomic E-state index is -0.871. The van der Waals surface area contributed by atoms with E-state index in [1.165, 1.54) is 11.3 Å². The van der Waals surface area contributed by atoms with Crippen LogP contribution < -0.4 is 10.6 Å². The Morgan fingerprint density at radius 2 is 1.63 bits per heavy atom. The van der Waals surface area contributed by atoms with Crippen LogP contribution in [-0.4, -0.2) is 96.2 Å². The number of β-amino-alcohol motifs (C(OH)–C–C–N with tert-alkyl or cyclic N) is 1. The van der Waals surface area contributed by atoms with Gasteiger partial charge in [-0.05, 0) is 49.8 Å². The van der Waals surface area contributed by atoms with Crippen molar-refractivity contribution in [1.29, 1.82) is 0 Å². The molecule has 6 aromatic rings. The van der Waals surface area contributed by atoms with Gasteiger partial charge >= 0.3 is 0 Å². The fourth-order valence-electron chi connectivity index (χ4n) is 8.98. The van der Waals surface area contributed by atoms with Crippen molar-refractivity contribution >= 4 is 35.0 Å². The molecule has 18 heteroatoms. The van der Waals surface area contributed by atoms with Crippen LogP contribution in [-0.2, 0) is 37.1 Å². The van der Waals surface area contributed by atoms with E-state index in [4.69, 9.17) is 18.2 Å². The Bertz CT molecular complexity index is 2640. The zero-order chi connectivity index (χ0) is 47.4. The van der Waals surface area contributed by atoms with E-state index in [2.05, 4.69) is 30.9 Å². The van der Waals surface area contributed by atoms with Gasteiger partial charge in [-0.2, -0.15) is 0 Å². The molecule has 2 aliphatic heterocycles. The second-order valence-corrected chi connectivity index (χ2v) is 18.6. The second kappa shape index (κ2) is 20.6. The summed E-state index contributed by atoms with van der Waals surface area (Å²) in [4.78, 5) is 68.7. The van der Waals surface area contributed by atoms with E-state index in [1.807, 2.05) is 88.7 Å². The molecular formula is C49H56N8O9S. The van der Waals surface area contributed by atoms with Gasteiger partial charge in [0.15, 0.2) is 17.9 Å². The van der Waals surface area contributed by atoms with E-state index >= 15 is 0 Å². The fraction of sp³-hybridized carbons (Fsp3) is 0.429. The highest BCUT2D eigenvalue weighted by Crippen LogP contribution is 2.34. The monoisotopic (exact) mass is 932 g/mol. The maximum Gasteiger partial charge on any atom is 0.243 e. The number of rotatable bonds is 17. The number of carbonyl (C=O) groups excluding carboxylic acids is 4. The summed E-state index contributed by atoms with van der Waals surface area (Å²) in [5, 5.41) is 25.1. The van der Waals surface area contributed by atoms with Gasteiger partial charge in [0.2, 0.25) is 23.6 Å². The number of aromatic nitrogens is 4. The number of thiazole rings is 1. The molecule has 8 rings (SSSR count). The molecule has 0 aliphatic carbocycles. The number of amides is 4. The number of carbonyl (C=O) groups is 4. The largest absolute Gasteiger partial charge is 0.444 e. The van der Waals surface area contributed by atoms with Gasteiger partial charge in [-0.25, -0.2) is 9.97 Å². The summed E-state index contributed by atoms with van der Waals surface area (Å²) >= 11 is 1.57. The standard InChI is InChI=1S/C49H56N8O9S/c1-7-38(42-16-28(4)54-66-42)48(61)57-23-36(19-41(57)47(60)53-29(5)32-12-14-33(15-13-32)43-21-50-25-64-43)63-24-37-18-39(55-65-37)44(27(2)3)49(62)56-22-35(58)17-40(56)46(59)51-20-31-8-10-34(11-9-31)45-30(6)52-26-67-45/h8-16,18,21,25-27,29,35-36,38,40-41,44,58H,7,17,19-20,22-24H2,1-6H3,(H,51,59)(H,53,60)/t29-,35+,36+,38+,40-,41-,44+/m0/s1. The third-order valence-corrected chi connectivity index (χ3v) is 13.6. The van der Waals surface area contributed by atoms with Gasteiger partial charge in [0.1, 0.15) is 24.5 Å². The molecule has 67 heavy (non-hydrogen) atoms. The molecule has 0 radical (unpaired) electrons. The lowest BCUT2D eigenvalue weighted by Gasteiger charge is -2.29. The average molecular weight is 933 g/mol. The number of hydrogen-bond donors (Lipinski definition) is 3. The number of nitrogens with zero attached hydrogens (tertiary/aromatic N) is 6. The fourth-order valence-corrected chi connectivity index (χ4v) is 9.80. The topological polar surface area (TPSA) is 219 Å². The van der Waals surface area contributed by atoms with Crippen molar-refractivity contribution in [1.82, 2.24) is 40.7 Å². The Morgan fingerprint density at radius 3 is 2.28 bits per heavy atom. The van der Waals surface area contributed by atoms with E-state index in [-0.39, 0.29) is 74.7 Å². The average Bonchev–Trinajstić information content (AvgIpc) is 4.19. The minimum Gasteiger partial charge on any atom is -0.444 e. The van der Waals surface area contributed by atoms with Crippen LogP contribution in [0.2, 0.25) is 0 Å². The number of ether oxygens (including phenoxy) is 1. The summed E-state index contributed by atoms with van der Waals surface area (Å²) in [6.45, 7) is 11.6. The van der Waals surface area contributed by atoms with Crippen LogP contribution in [0, 0.1) is 19.8 Å². The quantitative estimate of drug-likeness (QED) is 0.0876. The van der Waals surface area contributed by atoms with Gasteiger partial charge in [0.25, 0.3) is 0 Å². The molecule has 2 aliphatic rings. The normalized spacial score (nSPS) is 19.7. The summed E-state index contributed by atoms with van der Waals surface area (Å²) in [6.07, 6.45) is 2.34. The van der Waals surface area contributed by atoms with E-state index in [1.54, 1.807) is 41.5 Å². The minimum absolute atomic E-state index is 0.00614. The molecule has 352 valence electrons. The highest BCUT2D eigenvalue weighted by Gasteiger charge is 2.45. The summed E-state index contributed by atoms with van der Waals surface area (Å²) in [6, 6.07) is 16.8. The van der Waals surface area contributed by atoms with Gasteiger partial charge in [0.05, 0.1) is 63.8 Å². The van der Waals surface area contributed by atoms with Gasteiger partial charge in [-0.3, -0.25) is 19.2 Å². The Balaban J connectivity index is 0.915. The molecule has 0 unspecified atom stereocenters. The first-order valence-corrected chi connectivity index (χ1v) is 23.5. The first-order chi connectivity index (χ1) is 32.3. The van der Waals surface area contributed by atoms with Crippen molar-refractivity contribution < 1.29 is 42.5 Å². The van der Waals surface area contributed by atoms with Gasteiger partial charge in [-0.1, -0.05) is 79.6 Å². The van der Waals surface area contributed by atoms with Crippen LogP contribution in [0.5, 0.6) is 0 Å². The van der Waals surface area contributed by atoms with Crippen molar-refractivity contribution in [2.45, 2.75) is 116 Å². The summed E-state index contributed by atoms with van der Waals surface area (Å²) in [7, 11) is 0. The maximum absolute atomic E-state index is 14.3. The number of aliphatic hydroxyl groups excluding tert-OH is 1. The highest BCUT2D eigenvalue weighted by atomic mass is 32.1. The molecule has 7 atom stereocenters. The number of oxazole rings is 1. The Morgan fingerprint density at radius 1 is 0.896 bits per heavy atom. The lowest BCUT2D eigenvalue weighted by Crippen LogP contribution is -2.48. The molecule has 0 spiro atoms. The molecule has 2 fully saturated rings. The first-order valence-electron chi connectivity index (χ1n) is 22.6. The van der Waals surface area contributed by atoms with Crippen LogP contribution in [0.4, 0.5) is 0 Å². The predicted molar refractivity (Wildman–Crippen MR) is 246 cm³/mol. The first kappa shape index (κ1) is 47.0. The van der Waals surface area contributed by atoms with E-state index < -0.39 is 36.1 Å². The van der Waals surface area contributed by atoms with Crippen molar-refractivity contribution in [3.8, 4) is 21.8 Å². The third-order valence-electron chi connectivity index (χ3n) is 12.6. The lowest BCUT2D eigenvalue weighted by atomic mass is 9.90. The van der Waals surface area contributed by atoms with E-state index in [0.29, 0.717) is 35.1 Å². The number of hydrogen-bond acceptors (Lipinski definition) is 14. The Labute approximate surface area is 392 Å². The van der Waals surface area contributed by atoms with Gasteiger partial charge in [-0.15, -0.1) is 11.3 Å². The number of nitrogens with one attached hydrogen (secondary N) is 2. The molecule has 3 N–H and O–H groups in total.